The van der Waals surface area contributed by atoms with Crippen molar-refractivity contribution < 1.29 is 0 Å². The monoisotopic (exact) mass is 274 g/mol. The second-order valence-corrected chi connectivity index (χ2v) is 6.83. The van der Waals surface area contributed by atoms with Crippen molar-refractivity contribution in [1.82, 2.24) is 5.32 Å². The maximum atomic E-state index is 3.71. The van der Waals surface area contributed by atoms with Gasteiger partial charge in [0.05, 0.1) is 0 Å². The molecule has 1 N–H and O–H groups in total. The molecule has 1 fully saturated rings. The number of hydrogen-bond acceptors (Lipinski definition) is 2. The molecule has 112 valence electrons. The van der Waals surface area contributed by atoms with E-state index in [-0.39, 0.29) is 0 Å². The molecule has 0 saturated carbocycles. The summed E-state index contributed by atoms with van der Waals surface area (Å²) in [6, 6.07) is 9.72. The average Bonchev–Trinajstić information content (AvgIpc) is 2.64. The Hall–Kier alpha value is -1.02. The zero-order chi connectivity index (χ0) is 14.5. The number of nitrogens with one attached hydrogen (secondary N) is 1. The second-order valence-electron chi connectivity index (χ2n) is 6.83. The first-order chi connectivity index (χ1) is 9.56. The molecule has 0 aliphatic carbocycles. The second kappa shape index (κ2) is 7.12. The van der Waals surface area contributed by atoms with E-state index in [2.05, 4.69) is 62.2 Å². The molecule has 1 saturated heterocycles. The Morgan fingerprint density at radius 2 is 2.05 bits per heavy atom. The van der Waals surface area contributed by atoms with Crippen molar-refractivity contribution in [3.05, 3.63) is 29.8 Å². The Morgan fingerprint density at radius 3 is 2.75 bits per heavy atom. The highest BCUT2D eigenvalue weighted by atomic mass is 15.2. The van der Waals surface area contributed by atoms with Gasteiger partial charge in [0.2, 0.25) is 0 Å². The molecule has 1 unspecified atom stereocenters. The predicted molar refractivity (Wildman–Crippen MR) is 88.6 cm³/mol. The summed E-state index contributed by atoms with van der Waals surface area (Å²) in [6.45, 7) is 12.6. The standard InChI is InChI=1S/C18H30N2/c1-14(2)11-17-13-20(10-6-9-19-17)18-8-5-7-16(12-18)15(3)4/h5,7-8,12,14-15,17,19H,6,9-11,13H2,1-4H3. The van der Waals surface area contributed by atoms with E-state index in [0.717, 1.165) is 19.0 Å². The van der Waals surface area contributed by atoms with E-state index in [9.17, 15) is 0 Å². The fourth-order valence-corrected chi connectivity index (χ4v) is 3.04. The number of hydrogen-bond donors (Lipinski definition) is 1. The molecule has 0 bridgehead atoms. The Bertz CT molecular complexity index is 412. The minimum absolute atomic E-state index is 0.603. The van der Waals surface area contributed by atoms with Gasteiger partial charge in [-0.25, -0.2) is 0 Å². The van der Waals surface area contributed by atoms with Crippen LogP contribution >= 0.6 is 0 Å². The van der Waals surface area contributed by atoms with Crippen LogP contribution in [0.4, 0.5) is 5.69 Å². The summed E-state index contributed by atoms with van der Waals surface area (Å²) < 4.78 is 0. The van der Waals surface area contributed by atoms with Crippen LogP contribution in [0.5, 0.6) is 0 Å². The lowest BCUT2D eigenvalue weighted by atomic mass is 10.0. The number of benzene rings is 1. The van der Waals surface area contributed by atoms with Crippen LogP contribution in [0.25, 0.3) is 0 Å². The highest BCUT2D eigenvalue weighted by Crippen LogP contribution is 2.23. The third kappa shape index (κ3) is 4.24. The molecule has 0 spiro atoms. The molecule has 20 heavy (non-hydrogen) atoms. The Morgan fingerprint density at radius 1 is 1.25 bits per heavy atom. The van der Waals surface area contributed by atoms with Crippen LogP contribution < -0.4 is 10.2 Å². The third-order valence-corrected chi connectivity index (χ3v) is 4.14. The predicted octanol–water partition coefficient (Wildman–Crippen LogP) is 4.02. The van der Waals surface area contributed by atoms with Crippen LogP contribution in [-0.4, -0.2) is 25.7 Å². The molecule has 0 amide bonds. The van der Waals surface area contributed by atoms with Crippen LogP contribution in [0.15, 0.2) is 24.3 Å². The zero-order valence-electron chi connectivity index (χ0n) is 13.5. The van der Waals surface area contributed by atoms with Crippen molar-refractivity contribution in [2.24, 2.45) is 5.92 Å². The van der Waals surface area contributed by atoms with Gasteiger partial charge >= 0.3 is 0 Å². The van der Waals surface area contributed by atoms with Crippen LogP contribution in [0, 0.1) is 5.92 Å². The molecule has 1 heterocycles. The fourth-order valence-electron chi connectivity index (χ4n) is 3.04. The molecule has 0 radical (unpaired) electrons. The summed E-state index contributed by atoms with van der Waals surface area (Å²) in [5.74, 6) is 1.36. The molecule has 2 heteroatoms. The molecule has 1 aromatic carbocycles. The van der Waals surface area contributed by atoms with Crippen LogP contribution in [-0.2, 0) is 0 Å². The Labute approximate surface area is 124 Å². The number of anilines is 1. The summed E-state index contributed by atoms with van der Waals surface area (Å²) in [5, 5.41) is 3.71. The average molecular weight is 274 g/mol. The van der Waals surface area contributed by atoms with Crippen molar-refractivity contribution in [1.29, 1.82) is 0 Å². The molecule has 2 rings (SSSR count). The van der Waals surface area contributed by atoms with Crippen molar-refractivity contribution in [2.75, 3.05) is 24.5 Å². The largest absolute Gasteiger partial charge is 0.370 e. The summed E-state index contributed by atoms with van der Waals surface area (Å²) in [5.41, 5.74) is 2.84. The maximum Gasteiger partial charge on any atom is 0.0369 e. The highest BCUT2D eigenvalue weighted by Gasteiger charge is 2.19. The molecule has 1 atom stereocenters. The van der Waals surface area contributed by atoms with Crippen LogP contribution in [0.2, 0.25) is 0 Å². The minimum atomic E-state index is 0.603. The van der Waals surface area contributed by atoms with Crippen molar-refractivity contribution in [3.63, 3.8) is 0 Å². The minimum Gasteiger partial charge on any atom is -0.370 e. The van der Waals surface area contributed by atoms with Crippen molar-refractivity contribution in [2.45, 2.75) is 52.5 Å². The van der Waals surface area contributed by atoms with Gasteiger partial charge in [-0.05, 0) is 48.9 Å². The SMILES string of the molecule is CC(C)CC1CN(c2cccc(C(C)C)c2)CCCN1. The highest BCUT2D eigenvalue weighted by molar-refractivity contribution is 5.49. The maximum absolute atomic E-state index is 3.71. The smallest absolute Gasteiger partial charge is 0.0369 e. The lowest BCUT2D eigenvalue weighted by molar-refractivity contribution is 0.436. The summed E-state index contributed by atoms with van der Waals surface area (Å²) in [6.07, 6.45) is 2.50. The number of rotatable bonds is 4. The third-order valence-electron chi connectivity index (χ3n) is 4.14. The lowest BCUT2D eigenvalue weighted by Crippen LogP contribution is -2.38. The van der Waals surface area contributed by atoms with E-state index >= 15 is 0 Å². The van der Waals surface area contributed by atoms with E-state index in [0.29, 0.717) is 12.0 Å². The quantitative estimate of drug-likeness (QED) is 0.892. The van der Waals surface area contributed by atoms with Gasteiger partial charge in [-0.1, -0.05) is 39.8 Å². The van der Waals surface area contributed by atoms with Gasteiger partial charge in [0.1, 0.15) is 0 Å². The topological polar surface area (TPSA) is 15.3 Å². The van der Waals surface area contributed by atoms with E-state index < -0.39 is 0 Å². The van der Waals surface area contributed by atoms with E-state index in [1.165, 1.54) is 30.6 Å². The first kappa shape index (κ1) is 15.4. The molecular formula is C18H30N2. The van der Waals surface area contributed by atoms with E-state index in [4.69, 9.17) is 0 Å². The first-order valence-corrected chi connectivity index (χ1v) is 8.14. The van der Waals surface area contributed by atoms with Gasteiger partial charge in [-0.3, -0.25) is 0 Å². The van der Waals surface area contributed by atoms with Gasteiger partial charge in [-0.15, -0.1) is 0 Å². The molecule has 1 aliphatic rings. The van der Waals surface area contributed by atoms with Crippen molar-refractivity contribution in [3.8, 4) is 0 Å². The zero-order valence-corrected chi connectivity index (χ0v) is 13.5. The van der Waals surface area contributed by atoms with Gasteiger partial charge in [0.15, 0.2) is 0 Å². The Balaban J connectivity index is 2.11. The summed E-state index contributed by atoms with van der Waals surface area (Å²) in [4.78, 5) is 2.57. The normalized spacial score (nSPS) is 20.5. The van der Waals surface area contributed by atoms with E-state index in [1.807, 2.05) is 0 Å². The van der Waals surface area contributed by atoms with Gasteiger partial charge in [-0.2, -0.15) is 0 Å². The summed E-state index contributed by atoms with van der Waals surface area (Å²) in [7, 11) is 0. The van der Waals surface area contributed by atoms with Gasteiger partial charge < -0.3 is 10.2 Å². The molecule has 2 nitrogen and oxygen atoms in total. The van der Waals surface area contributed by atoms with Crippen LogP contribution in [0.3, 0.4) is 0 Å². The van der Waals surface area contributed by atoms with Crippen molar-refractivity contribution >= 4 is 5.69 Å². The molecule has 1 aliphatic heterocycles. The first-order valence-electron chi connectivity index (χ1n) is 8.14. The lowest BCUT2D eigenvalue weighted by Gasteiger charge is -2.28. The van der Waals surface area contributed by atoms with Gasteiger partial charge in [0.25, 0.3) is 0 Å². The van der Waals surface area contributed by atoms with Crippen LogP contribution in [0.1, 0.15) is 52.0 Å². The fraction of sp³-hybridized carbons (Fsp3) is 0.667. The van der Waals surface area contributed by atoms with Gasteiger partial charge in [0, 0.05) is 24.8 Å². The molecular weight excluding hydrogens is 244 g/mol. The molecule has 1 aromatic rings. The number of nitrogens with zero attached hydrogens (tertiary/aromatic N) is 1. The van der Waals surface area contributed by atoms with E-state index in [1.54, 1.807) is 0 Å². The molecule has 0 aromatic heterocycles. The summed E-state index contributed by atoms with van der Waals surface area (Å²) >= 11 is 0. The Kier molecular flexibility index (Phi) is 5.47.